The summed E-state index contributed by atoms with van der Waals surface area (Å²) in [6.07, 6.45) is 15.5. The van der Waals surface area contributed by atoms with E-state index in [2.05, 4.69) is 6.92 Å². The molecule has 5 aliphatic rings. The van der Waals surface area contributed by atoms with Gasteiger partial charge in [-0.15, -0.1) is 0 Å². The van der Waals surface area contributed by atoms with E-state index in [0.717, 1.165) is 36.5 Å². The van der Waals surface area contributed by atoms with Crippen molar-refractivity contribution in [2.45, 2.75) is 97.0 Å². The smallest absolute Gasteiger partial charge is 0.133 e. The predicted molar refractivity (Wildman–Crippen MR) is 104 cm³/mol. The minimum atomic E-state index is -0.0370. The molecule has 0 radical (unpaired) electrons. The summed E-state index contributed by atoms with van der Waals surface area (Å²) in [7, 11) is 0. The van der Waals surface area contributed by atoms with Gasteiger partial charge in [0, 0.05) is 5.92 Å². The van der Waals surface area contributed by atoms with E-state index in [1.807, 2.05) is 6.92 Å². The van der Waals surface area contributed by atoms with Crippen LogP contribution < -0.4 is 0 Å². The molecule has 26 heavy (non-hydrogen) atoms. The molecule has 5 aliphatic carbocycles. The van der Waals surface area contributed by atoms with Crippen LogP contribution in [-0.4, -0.2) is 17.0 Å². The maximum absolute atomic E-state index is 12.3. The second-order valence-electron chi connectivity index (χ2n) is 11.2. The summed E-state index contributed by atoms with van der Waals surface area (Å²) < 4.78 is 0. The Morgan fingerprint density at radius 2 is 1.69 bits per heavy atom. The molecule has 0 saturated heterocycles. The fraction of sp³-hybridized carbons (Fsp3) is 0.958. The average molecular weight is 359 g/mol. The fourth-order valence-corrected chi connectivity index (χ4v) is 9.52. The Labute approximate surface area is 159 Å². The van der Waals surface area contributed by atoms with Crippen LogP contribution in [0.5, 0.6) is 0 Å². The van der Waals surface area contributed by atoms with Crippen molar-refractivity contribution in [3.8, 4) is 0 Å². The molecule has 146 valence electrons. The molecule has 5 saturated carbocycles. The lowest BCUT2D eigenvalue weighted by atomic mass is 9.43. The first kappa shape index (κ1) is 17.7. The third-order valence-electron chi connectivity index (χ3n) is 10.6. The number of rotatable bonds is 1. The van der Waals surface area contributed by atoms with E-state index in [0.29, 0.717) is 28.4 Å². The first-order chi connectivity index (χ1) is 12.5. The highest BCUT2D eigenvalue weighted by Gasteiger charge is 2.63. The molecule has 0 amide bonds. The highest BCUT2D eigenvalue weighted by Crippen LogP contribution is 2.70. The molecular formula is C24H38O2. The van der Waals surface area contributed by atoms with E-state index in [-0.39, 0.29) is 6.10 Å². The van der Waals surface area contributed by atoms with Crippen LogP contribution in [0, 0.1) is 46.3 Å². The molecule has 0 heterocycles. The Balaban J connectivity index is 1.44. The number of carbonyl (C=O) groups is 1. The van der Waals surface area contributed by atoms with Gasteiger partial charge in [-0.3, -0.25) is 4.79 Å². The summed E-state index contributed by atoms with van der Waals surface area (Å²) in [5.41, 5.74) is 1.00. The first-order valence-corrected chi connectivity index (χ1v) is 11.6. The lowest BCUT2D eigenvalue weighted by Gasteiger charge is -2.62. The number of hydrogen-bond acceptors (Lipinski definition) is 2. The molecule has 3 unspecified atom stereocenters. The third kappa shape index (κ3) is 2.29. The van der Waals surface area contributed by atoms with Crippen molar-refractivity contribution in [2.24, 2.45) is 46.3 Å². The van der Waals surface area contributed by atoms with Crippen molar-refractivity contribution in [1.82, 2.24) is 0 Å². The Morgan fingerprint density at radius 1 is 0.885 bits per heavy atom. The van der Waals surface area contributed by atoms with Crippen LogP contribution >= 0.6 is 0 Å². The third-order valence-corrected chi connectivity index (χ3v) is 10.6. The maximum atomic E-state index is 12.3. The molecule has 2 nitrogen and oxygen atoms in total. The minimum absolute atomic E-state index is 0.0370. The number of hydrogen-bond donors (Lipinski definition) is 1. The van der Waals surface area contributed by atoms with E-state index in [9.17, 15) is 9.90 Å². The molecule has 1 spiro atoms. The van der Waals surface area contributed by atoms with Crippen molar-refractivity contribution >= 4 is 5.78 Å². The lowest BCUT2D eigenvalue weighted by Crippen LogP contribution is -2.55. The molecule has 2 heteroatoms. The highest BCUT2D eigenvalue weighted by molar-refractivity contribution is 5.78. The largest absolute Gasteiger partial charge is 0.393 e. The zero-order valence-corrected chi connectivity index (χ0v) is 16.9. The van der Waals surface area contributed by atoms with Gasteiger partial charge < -0.3 is 5.11 Å². The standard InChI is InChI=1S/C24H38O2/c1-15(25)18-4-3-11-24-13-10-20-19(22(24)8-7-21(18)24)6-5-16-14-17(26)9-12-23(16,20)2/h16-22,26H,3-14H2,1-2H3/t16-,17+,18+,19?,20?,21+,22?,23-,24-/m0/s1. The maximum Gasteiger partial charge on any atom is 0.133 e. The summed E-state index contributed by atoms with van der Waals surface area (Å²) in [5.74, 6) is 5.03. The van der Waals surface area contributed by atoms with Crippen molar-refractivity contribution < 1.29 is 9.90 Å². The molecule has 0 aliphatic heterocycles. The number of aliphatic hydroxyl groups is 1. The SMILES string of the molecule is CC(=O)[C@H]1CCC[C@@]23CCC4C(CC[C@H]5C[C@H](O)CC[C@]45C)C2CC[C@H]13. The number of ketones is 1. The van der Waals surface area contributed by atoms with Gasteiger partial charge in [0.15, 0.2) is 0 Å². The van der Waals surface area contributed by atoms with Gasteiger partial charge in [0.25, 0.3) is 0 Å². The van der Waals surface area contributed by atoms with Gasteiger partial charge in [-0.25, -0.2) is 0 Å². The molecule has 9 atom stereocenters. The monoisotopic (exact) mass is 358 g/mol. The van der Waals surface area contributed by atoms with Gasteiger partial charge in [0.05, 0.1) is 6.10 Å². The van der Waals surface area contributed by atoms with Gasteiger partial charge in [0.2, 0.25) is 0 Å². The Kier molecular flexibility index (Phi) is 4.13. The summed E-state index contributed by atoms with van der Waals surface area (Å²) in [6, 6.07) is 0. The van der Waals surface area contributed by atoms with Crippen molar-refractivity contribution in [2.75, 3.05) is 0 Å². The Morgan fingerprint density at radius 3 is 2.50 bits per heavy atom. The molecule has 5 fully saturated rings. The number of fused-ring (bicyclic) bond motifs is 4. The van der Waals surface area contributed by atoms with E-state index in [1.165, 1.54) is 64.2 Å². The second kappa shape index (κ2) is 6.06. The summed E-state index contributed by atoms with van der Waals surface area (Å²) in [5, 5.41) is 10.2. The summed E-state index contributed by atoms with van der Waals surface area (Å²) in [6.45, 7) is 4.45. The normalized spacial score (nSPS) is 56.0. The van der Waals surface area contributed by atoms with Crippen LogP contribution in [0.3, 0.4) is 0 Å². The zero-order chi connectivity index (χ0) is 18.1. The first-order valence-electron chi connectivity index (χ1n) is 11.6. The molecule has 0 aromatic heterocycles. The zero-order valence-electron chi connectivity index (χ0n) is 16.9. The Bertz CT molecular complexity index is 585. The number of Topliss-reactive ketones (excluding diaryl/α,β-unsaturated/α-hetero) is 1. The van der Waals surface area contributed by atoms with Gasteiger partial charge in [-0.1, -0.05) is 13.3 Å². The average Bonchev–Trinajstić information content (AvgIpc) is 3.02. The van der Waals surface area contributed by atoms with Crippen molar-refractivity contribution in [3.05, 3.63) is 0 Å². The van der Waals surface area contributed by atoms with E-state index >= 15 is 0 Å². The van der Waals surface area contributed by atoms with Crippen LogP contribution in [0.1, 0.15) is 90.9 Å². The van der Waals surface area contributed by atoms with Gasteiger partial charge in [0.1, 0.15) is 5.78 Å². The molecule has 1 N–H and O–H groups in total. The van der Waals surface area contributed by atoms with Crippen LogP contribution in [-0.2, 0) is 4.79 Å². The topological polar surface area (TPSA) is 37.3 Å². The summed E-state index contributed by atoms with van der Waals surface area (Å²) in [4.78, 5) is 12.3. The summed E-state index contributed by atoms with van der Waals surface area (Å²) >= 11 is 0. The molecule has 5 rings (SSSR count). The van der Waals surface area contributed by atoms with Crippen LogP contribution in [0.15, 0.2) is 0 Å². The van der Waals surface area contributed by atoms with Crippen LogP contribution in [0.4, 0.5) is 0 Å². The Hall–Kier alpha value is -0.370. The second-order valence-corrected chi connectivity index (χ2v) is 11.2. The number of carbonyl (C=O) groups excluding carboxylic acids is 1. The molecule has 0 bridgehead atoms. The number of aliphatic hydroxyl groups excluding tert-OH is 1. The molecular weight excluding hydrogens is 320 g/mol. The van der Waals surface area contributed by atoms with Gasteiger partial charge in [-0.05, 0) is 118 Å². The quantitative estimate of drug-likeness (QED) is 0.683. The van der Waals surface area contributed by atoms with E-state index < -0.39 is 0 Å². The van der Waals surface area contributed by atoms with Gasteiger partial charge >= 0.3 is 0 Å². The predicted octanol–water partition coefficient (Wildman–Crippen LogP) is 5.38. The van der Waals surface area contributed by atoms with Crippen molar-refractivity contribution in [1.29, 1.82) is 0 Å². The molecule has 0 aromatic rings. The minimum Gasteiger partial charge on any atom is -0.393 e. The molecule has 0 aromatic carbocycles. The van der Waals surface area contributed by atoms with Crippen LogP contribution in [0.2, 0.25) is 0 Å². The van der Waals surface area contributed by atoms with Crippen LogP contribution in [0.25, 0.3) is 0 Å². The van der Waals surface area contributed by atoms with E-state index in [1.54, 1.807) is 0 Å². The lowest BCUT2D eigenvalue weighted by molar-refractivity contribution is -0.147. The fourth-order valence-electron chi connectivity index (χ4n) is 9.52. The van der Waals surface area contributed by atoms with E-state index in [4.69, 9.17) is 0 Å². The van der Waals surface area contributed by atoms with Crippen molar-refractivity contribution in [3.63, 3.8) is 0 Å². The van der Waals surface area contributed by atoms with Gasteiger partial charge in [-0.2, -0.15) is 0 Å². The highest BCUT2D eigenvalue weighted by atomic mass is 16.3.